The van der Waals surface area contributed by atoms with E-state index in [1.165, 1.54) is 6.07 Å². The Bertz CT molecular complexity index is 567. The first-order valence-corrected chi connectivity index (χ1v) is 6.13. The summed E-state index contributed by atoms with van der Waals surface area (Å²) in [5.41, 5.74) is 7.15. The van der Waals surface area contributed by atoms with Gasteiger partial charge in [-0.2, -0.15) is 0 Å². The Hall–Kier alpha value is -2.36. The number of anilines is 1. The van der Waals surface area contributed by atoms with Crippen LogP contribution in [-0.4, -0.2) is 12.5 Å². The third kappa shape index (κ3) is 3.10. The lowest BCUT2D eigenvalue weighted by Gasteiger charge is -2.22. The van der Waals surface area contributed by atoms with Crippen LogP contribution < -0.4 is 10.6 Å². The van der Waals surface area contributed by atoms with Crippen molar-refractivity contribution >= 4 is 17.3 Å². The van der Waals surface area contributed by atoms with Crippen LogP contribution in [0.15, 0.2) is 59.6 Å². The molecular formula is C15H16FN3. The number of aliphatic imine (C=N–C) groups is 1. The summed E-state index contributed by atoms with van der Waals surface area (Å²) >= 11 is 0. The van der Waals surface area contributed by atoms with Crippen LogP contribution in [0.5, 0.6) is 0 Å². The van der Waals surface area contributed by atoms with E-state index in [4.69, 9.17) is 5.73 Å². The maximum absolute atomic E-state index is 13.8. The summed E-state index contributed by atoms with van der Waals surface area (Å²) in [5, 5.41) is 0. The van der Waals surface area contributed by atoms with Crippen LogP contribution in [0.2, 0.25) is 0 Å². The van der Waals surface area contributed by atoms with E-state index in [0.717, 1.165) is 5.69 Å². The number of rotatable bonds is 3. The summed E-state index contributed by atoms with van der Waals surface area (Å²) in [6.07, 6.45) is 0. The Kier molecular flexibility index (Phi) is 4.13. The number of benzene rings is 2. The van der Waals surface area contributed by atoms with Crippen molar-refractivity contribution in [2.24, 2.45) is 10.7 Å². The molecule has 0 radical (unpaired) electrons. The van der Waals surface area contributed by atoms with E-state index in [9.17, 15) is 4.39 Å². The summed E-state index contributed by atoms with van der Waals surface area (Å²) < 4.78 is 13.8. The average Bonchev–Trinajstić information content (AvgIpc) is 2.43. The lowest BCUT2D eigenvalue weighted by Crippen LogP contribution is -2.37. The average molecular weight is 257 g/mol. The molecule has 0 fully saturated rings. The van der Waals surface area contributed by atoms with Crippen LogP contribution in [0, 0.1) is 5.82 Å². The molecule has 0 aliphatic rings. The first-order valence-electron chi connectivity index (χ1n) is 6.13. The Morgan fingerprint density at radius 3 is 2.37 bits per heavy atom. The molecule has 98 valence electrons. The fourth-order valence-corrected chi connectivity index (χ4v) is 1.82. The van der Waals surface area contributed by atoms with E-state index in [-0.39, 0.29) is 11.8 Å². The molecule has 0 bridgehead atoms. The molecule has 0 amide bonds. The highest BCUT2D eigenvalue weighted by Crippen LogP contribution is 2.19. The highest BCUT2D eigenvalue weighted by Gasteiger charge is 2.12. The minimum atomic E-state index is -0.310. The SMILES string of the molecule is CCN(C(N)=Nc1ccccc1)c1ccccc1F. The first kappa shape index (κ1) is 13.1. The molecule has 0 heterocycles. The first-order chi connectivity index (χ1) is 9.22. The Labute approximate surface area is 112 Å². The Balaban J connectivity index is 2.33. The molecule has 2 aromatic carbocycles. The smallest absolute Gasteiger partial charge is 0.201 e. The maximum Gasteiger partial charge on any atom is 0.201 e. The number of guanidine groups is 1. The minimum Gasteiger partial charge on any atom is -0.369 e. The molecule has 2 rings (SSSR count). The molecule has 0 aromatic heterocycles. The molecule has 0 aliphatic heterocycles. The lowest BCUT2D eigenvalue weighted by atomic mass is 10.3. The molecule has 0 aliphatic carbocycles. The number of hydrogen-bond donors (Lipinski definition) is 1. The van der Waals surface area contributed by atoms with E-state index < -0.39 is 0 Å². The fourth-order valence-electron chi connectivity index (χ4n) is 1.82. The van der Waals surface area contributed by atoms with Gasteiger partial charge in [0.1, 0.15) is 5.82 Å². The zero-order chi connectivity index (χ0) is 13.7. The third-order valence-corrected chi connectivity index (χ3v) is 2.74. The molecule has 0 unspecified atom stereocenters. The van der Waals surface area contributed by atoms with Crippen molar-refractivity contribution in [1.82, 2.24) is 0 Å². The monoisotopic (exact) mass is 257 g/mol. The molecule has 0 spiro atoms. The molecule has 2 aromatic rings. The van der Waals surface area contributed by atoms with Crippen LogP contribution in [0.4, 0.5) is 15.8 Å². The number of halogens is 1. The molecule has 3 nitrogen and oxygen atoms in total. The number of hydrogen-bond acceptors (Lipinski definition) is 1. The molecule has 2 N–H and O–H groups in total. The van der Waals surface area contributed by atoms with Crippen molar-refractivity contribution in [3.63, 3.8) is 0 Å². The van der Waals surface area contributed by atoms with E-state index in [0.29, 0.717) is 12.2 Å². The van der Waals surface area contributed by atoms with Crippen molar-refractivity contribution in [3.8, 4) is 0 Å². The minimum absolute atomic E-state index is 0.277. The number of para-hydroxylation sites is 2. The third-order valence-electron chi connectivity index (χ3n) is 2.74. The standard InChI is InChI=1S/C15H16FN3/c1-2-19(14-11-7-6-10-13(14)16)15(17)18-12-8-4-3-5-9-12/h3-11H,2H2,1H3,(H2,17,18). The normalized spacial score (nSPS) is 11.4. The van der Waals surface area contributed by atoms with E-state index >= 15 is 0 Å². The topological polar surface area (TPSA) is 41.6 Å². The van der Waals surface area contributed by atoms with Crippen LogP contribution in [0.1, 0.15) is 6.92 Å². The van der Waals surface area contributed by atoms with Gasteiger partial charge < -0.3 is 10.6 Å². The highest BCUT2D eigenvalue weighted by atomic mass is 19.1. The van der Waals surface area contributed by atoms with Gasteiger partial charge in [-0.15, -0.1) is 0 Å². The van der Waals surface area contributed by atoms with Gasteiger partial charge in [-0.05, 0) is 31.2 Å². The number of nitrogens with zero attached hydrogens (tertiary/aromatic N) is 2. The second-order valence-electron chi connectivity index (χ2n) is 4.00. The Morgan fingerprint density at radius 1 is 1.11 bits per heavy atom. The van der Waals surface area contributed by atoms with Gasteiger partial charge in [0.2, 0.25) is 5.96 Å². The zero-order valence-corrected chi connectivity index (χ0v) is 10.8. The predicted molar refractivity (Wildman–Crippen MR) is 77.1 cm³/mol. The van der Waals surface area contributed by atoms with E-state index in [2.05, 4.69) is 4.99 Å². The molecular weight excluding hydrogens is 241 g/mol. The summed E-state index contributed by atoms with van der Waals surface area (Å²) in [5.74, 6) is -0.0330. The van der Waals surface area contributed by atoms with Crippen LogP contribution in [0.25, 0.3) is 0 Å². The summed E-state index contributed by atoms with van der Waals surface area (Å²) in [6, 6.07) is 15.9. The van der Waals surface area contributed by atoms with Crippen molar-refractivity contribution < 1.29 is 4.39 Å². The van der Waals surface area contributed by atoms with Crippen molar-refractivity contribution in [2.45, 2.75) is 6.92 Å². The van der Waals surface area contributed by atoms with Gasteiger partial charge in [0.05, 0.1) is 11.4 Å². The molecule has 0 saturated heterocycles. The van der Waals surface area contributed by atoms with E-state index in [1.54, 1.807) is 23.1 Å². The van der Waals surface area contributed by atoms with Crippen LogP contribution in [-0.2, 0) is 0 Å². The molecule has 4 heteroatoms. The maximum atomic E-state index is 13.8. The van der Waals surface area contributed by atoms with Crippen LogP contribution in [0.3, 0.4) is 0 Å². The second kappa shape index (κ2) is 6.00. The summed E-state index contributed by atoms with van der Waals surface area (Å²) in [7, 11) is 0. The van der Waals surface area contributed by atoms with Crippen molar-refractivity contribution in [1.29, 1.82) is 0 Å². The van der Waals surface area contributed by atoms with Crippen LogP contribution >= 0.6 is 0 Å². The Morgan fingerprint density at radius 2 is 1.74 bits per heavy atom. The quantitative estimate of drug-likeness (QED) is 0.677. The predicted octanol–water partition coefficient (Wildman–Crippen LogP) is 3.30. The van der Waals surface area contributed by atoms with Gasteiger partial charge >= 0.3 is 0 Å². The lowest BCUT2D eigenvalue weighted by molar-refractivity contribution is 0.626. The van der Waals surface area contributed by atoms with Gasteiger partial charge in [0.15, 0.2) is 0 Å². The van der Waals surface area contributed by atoms with Gasteiger partial charge in [0, 0.05) is 6.54 Å². The van der Waals surface area contributed by atoms with Gasteiger partial charge in [-0.1, -0.05) is 30.3 Å². The van der Waals surface area contributed by atoms with Gasteiger partial charge in [-0.25, -0.2) is 9.38 Å². The fraction of sp³-hybridized carbons (Fsp3) is 0.133. The molecule has 0 atom stereocenters. The second-order valence-corrected chi connectivity index (χ2v) is 4.00. The van der Waals surface area contributed by atoms with Crippen molar-refractivity contribution in [2.75, 3.05) is 11.4 Å². The highest BCUT2D eigenvalue weighted by molar-refractivity contribution is 5.96. The molecule has 0 saturated carbocycles. The number of nitrogens with two attached hydrogens (primary N) is 1. The zero-order valence-electron chi connectivity index (χ0n) is 10.8. The van der Waals surface area contributed by atoms with E-state index in [1.807, 2.05) is 37.3 Å². The van der Waals surface area contributed by atoms with Gasteiger partial charge in [-0.3, -0.25) is 0 Å². The summed E-state index contributed by atoms with van der Waals surface area (Å²) in [4.78, 5) is 5.94. The summed E-state index contributed by atoms with van der Waals surface area (Å²) in [6.45, 7) is 2.45. The largest absolute Gasteiger partial charge is 0.369 e. The van der Waals surface area contributed by atoms with Gasteiger partial charge in [0.25, 0.3) is 0 Å². The van der Waals surface area contributed by atoms with Crippen molar-refractivity contribution in [3.05, 3.63) is 60.4 Å². The molecule has 19 heavy (non-hydrogen) atoms.